The highest BCUT2D eigenvalue weighted by Gasteiger charge is 1.98. The number of aliphatic imine (C=N–C) groups is 1. The van der Waals surface area contributed by atoms with Gasteiger partial charge in [0.1, 0.15) is 5.75 Å². The summed E-state index contributed by atoms with van der Waals surface area (Å²) in [5.74, 6) is 0.248. The molecular weight excluding hydrogens is 230 g/mol. The molecule has 17 heavy (non-hydrogen) atoms. The number of phenolic OH excluding ortho intramolecular Hbond substituents is 1. The number of para-hydroxylation sites is 2. The third-order valence-electron chi connectivity index (χ3n) is 2.36. The minimum absolute atomic E-state index is 0.248. The molecule has 0 heterocycles. The van der Waals surface area contributed by atoms with Crippen molar-refractivity contribution in [1.29, 1.82) is 0 Å². The van der Waals surface area contributed by atoms with Crippen LogP contribution in [0.1, 0.15) is 5.56 Å². The molecule has 0 amide bonds. The van der Waals surface area contributed by atoms with E-state index >= 15 is 0 Å². The predicted molar refractivity (Wildman–Crippen MR) is 73.6 cm³/mol. The molecule has 0 unspecified atom stereocenters. The number of benzene rings is 2. The van der Waals surface area contributed by atoms with E-state index in [9.17, 15) is 5.11 Å². The first-order valence-corrected chi connectivity index (χ1v) is 6.49. The Balaban J connectivity index is 2.29. The summed E-state index contributed by atoms with van der Waals surface area (Å²) < 4.78 is 0. The van der Waals surface area contributed by atoms with Crippen LogP contribution in [-0.4, -0.2) is 17.6 Å². The van der Waals surface area contributed by atoms with Crippen LogP contribution in [0.2, 0.25) is 0 Å². The van der Waals surface area contributed by atoms with Gasteiger partial charge in [0.25, 0.3) is 0 Å². The van der Waals surface area contributed by atoms with Crippen molar-refractivity contribution in [2.75, 3.05) is 6.26 Å². The number of phenols is 1. The number of aromatic hydroxyl groups is 1. The molecule has 0 spiro atoms. The Bertz CT molecular complexity index is 537. The molecular formula is C14H13NOS. The normalized spacial score (nSPS) is 10.9. The molecule has 0 aliphatic carbocycles. The Kier molecular flexibility index (Phi) is 3.83. The summed E-state index contributed by atoms with van der Waals surface area (Å²) in [5.41, 5.74) is 1.65. The molecule has 0 aromatic heterocycles. The van der Waals surface area contributed by atoms with Crippen molar-refractivity contribution in [1.82, 2.24) is 0 Å². The maximum Gasteiger partial charge on any atom is 0.124 e. The van der Waals surface area contributed by atoms with Crippen molar-refractivity contribution in [2.45, 2.75) is 4.90 Å². The van der Waals surface area contributed by atoms with E-state index in [1.54, 1.807) is 30.1 Å². The lowest BCUT2D eigenvalue weighted by Gasteiger charge is -2.01. The third-order valence-corrected chi connectivity index (χ3v) is 3.15. The smallest absolute Gasteiger partial charge is 0.124 e. The lowest BCUT2D eigenvalue weighted by Crippen LogP contribution is -1.81. The zero-order valence-corrected chi connectivity index (χ0v) is 10.3. The van der Waals surface area contributed by atoms with Gasteiger partial charge < -0.3 is 5.11 Å². The molecule has 2 rings (SSSR count). The van der Waals surface area contributed by atoms with Gasteiger partial charge in [0.2, 0.25) is 0 Å². The maximum absolute atomic E-state index is 9.62. The van der Waals surface area contributed by atoms with E-state index in [0.717, 1.165) is 16.1 Å². The number of rotatable bonds is 3. The quantitative estimate of drug-likeness (QED) is 0.655. The molecule has 0 saturated carbocycles. The van der Waals surface area contributed by atoms with E-state index in [1.807, 2.05) is 42.7 Å². The molecule has 3 heteroatoms. The van der Waals surface area contributed by atoms with Crippen molar-refractivity contribution in [2.24, 2.45) is 4.99 Å². The van der Waals surface area contributed by atoms with E-state index < -0.39 is 0 Å². The van der Waals surface area contributed by atoms with Crippen LogP contribution in [0.15, 0.2) is 58.4 Å². The van der Waals surface area contributed by atoms with Crippen LogP contribution in [0.4, 0.5) is 5.69 Å². The minimum Gasteiger partial charge on any atom is -0.507 e. The fourth-order valence-corrected chi connectivity index (χ4v) is 2.02. The van der Waals surface area contributed by atoms with Gasteiger partial charge in [0.05, 0.1) is 5.69 Å². The van der Waals surface area contributed by atoms with E-state index in [-0.39, 0.29) is 5.75 Å². The van der Waals surface area contributed by atoms with Gasteiger partial charge >= 0.3 is 0 Å². The Labute approximate surface area is 105 Å². The first-order chi connectivity index (χ1) is 8.31. The number of nitrogens with zero attached hydrogens (tertiary/aromatic N) is 1. The Morgan fingerprint density at radius 1 is 1.06 bits per heavy atom. The van der Waals surface area contributed by atoms with E-state index in [4.69, 9.17) is 0 Å². The topological polar surface area (TPSA) is 32.6 Å². The highest BCUT2D eigenvalue weighted by Crippen LogP contribution is 2.27. The average Bonchev–Trinajstić information content (AvgIpc) is 2.38. The number of thioether (sulfide) groups is 1. The molecule has 0 saturated heterocycles. The van der Waals surface area contributed by atoms with Gasteiger partial charge in [0, 0.05) is 16.7 Å². The van der Waals surface area contributed by atoms with Crippen LogP contribution in [0, 0.1) is 0 Å². The summed E-state index contributed by atoms with van der Waals surface area (Å²) >= 11 is 1.66. The Morgan fingerprint density at radius 3 is 2.53 bits per heavy atom. The Hall–Kier alpha value is -1.74. The second-order valence-corrected chi connectivity index (χ2v) is 4.34. The zero-order chi connectivity index (χ0) is 12.1. The predicted octanol–water partition coefficient (Wildman–Crippen LogP) is 3.86. The molecule has 86 valence electrons. The lowest BCUT2D eigenvalue weighted by molar-refractivity contribution is 0.474. The van der Waals surface area contributed by atoms with Crippen molar-refractivity contribution in [3.05, 3.63) is 54.1 Å². The fourth-order valence-electron chi connectivity index (χ4n) is 1.47. The second-order valence-electron chi connectivity index (χ2n) is 3.49. The second kappa shape index (κ2) is 5.55. The molecule has 0 bridgehead atoms. The monoisotopic (exact) mass is 243 g/mol. The first-order valence-electron chi connectivity index (χ1n) is 5.26. The van der Waals surface area contributed by atoms with Crippen LogP contribution in [0.3, 0.4) is 0 Å². The van der Waals surface area contributed by atoms with Crippen LogP contribution in [0.5, 0.6) is 5.75 Å². The molecule has 2 aromatic carbocycles. The van der Waals surface area contributed by atoms with Gasteiger partial charge in [-0.05, 0) is 30.5 Å². The zero-order valence-electron chi connectivity index (χ0n) is 9.50. The summed E-state index contributed by atoms with van der Waals surface area (Å²) in [4.78, 5) is 5.53. The molecule has 0 fully saturated rings. The lowest BCUT2D eigenvalue weighted by atomic mass is 10.2. The van der Waals surface area contributed by atoms with Crippen molar-refractivity contribution >= 4 is 23.7 Å². The van der Waals surface area contributed by atoms with Crippen molar-refractivity contribution in [3.63, 3.8) is 0 Å². The van der Waals surface area contributed by atoms with E-state index in [2.05, 4.69) is 4.99 Å². The fraction of sp³-hybridized carbons (Fsp3) is 0.0714. The molecule has 1 N–H and O–H groups in total. The van der Waals surface area contributed by atoms with Crippen LogP contribution in [-0.2, 0) is 0 Å². The Morgan fingerprint density at radius 2 is 1.76 bits per heavy atom. The van der Waals surface area contributed by atoms with Crippen molar-refractivity contribution < 1.29 is 5.11 Å². The van der Waals surface area contributed by atoms with Crippen LogP contribution in [0.25, 0.3) is 0 Å². The van der Waals surface area contributed by atoms with Crippen molar-refractivity contribution in [3.8, 4) is 5.75 Å². The van der Waals surface area contributed by atoms with Crippen LogP contribution >= 0.6 is 11.8 Å². The van der Waals surface area contributed by atoms with Gasteiger partial charge in [0.15, 0.2) is 0 Å². The summed E-state index contributed by atoms with van der Waals surface area (Å²) in [6.45, 7) is 0. The summed E-state index contributed by atoms with van der Waals surface area (Å²) in [6, 6.07) is 15.1. The standard InChI is InChI=1S/C14H13NOS/c1-17-14-9-5-3-7-12(14)15-10-11-6-2-4-8-13(11)16/h2-10,16H,1H3. The van der Waals surface area contributed by atoms with E-state index in [0.29, 0.717) is 0 Å². The number of hydrogen-bond donors (Lipinski definition) is 1. The highest BCUT2D eigenvalue weighted by atomic mass is 32.2. The third kappa shape index (κ3) is 2.88. The van der Waals surface area contributed by atoms with Gasteiger partial charge in [-0.25, -0.2) is 0 Å². The van der Waals surface area contributed by atoms with E-state index in [1.165, 1.54) is 0 Å². The summed E-state index contributed by atoms with van der Waals surface area (Å²) in [6.07, 6.45) is 3.71. The molecule has 0 atom stereocenters. The minimum atomic E-state index is 0.248. The summed E-state index contributed by atoms with van der Waals surface area (Å²) in [5, 5.41) is 9.62. The first kappa shape index (κ1) is 11.7. The molecule has 2 aromatic rings. The summed E-state index contributed by atoms with van der Waals surface area (Å²) in [7, 11) is 0. The van der Waals surface area contributed by atoms with Gasteiger partial charge in [-0.15, -0.1) is 11.8 Å². The van der Waals surface area contributed by atoms with Gasteiger partial charge in [-0.1, -0.05) is 24.3 Å². The molecule has 0 radical (unpaired) electrons. The highest BCUT2D eigenvalue weighted by molar-refractivity contribution is 7.98. The molecule has 0 aliphatic heterocycles. The molecule has 0 aliphatic rings. The number of hydrogen-bond acceptors (Lipinski definition) is 3. The maximum atomic E-state index is 9.62. The molecule has 2 nitrogen and oxygen atoms in total. The largest absolute Gasteiger partial charge is 0.507 e. The van der Waals surface area contributed by atoms with Gasteiger partial charge in [-0.2, -0.15) is 0 Å². The van der Waals surface area contributed by atoms with Gasteiger partial charge in [-0.3, -0.25) is 4.99 Å². The SMILES string of the molecule is CSc1ccccc1N=Cc1ccccc1O. The van der Waals surface area contributed by atoms with Crippen LogP contribution < -0.4 is 0 Å². The average molecular weight is 243 g/mol.